The van der Waals surface area contributed by atoms with E-state index in [9.17, 15) is 5.11 Å². The highest BCUT2D eigenvalue weighted by Gasteiger charge is 2.19. The van der Waals surface area contributed by atoms with Crippen molar-refractivity contribution in [3.63, 3.8) is 0 Å². The van der Waals surface area contributed by atoms with Crippen molar-refractivity contribution in [2.24, 2.45) is 11.8 Å². The fourth-order valence-corrected chi connectivity index (χ4v) is 3.56. The van der Waals surface area contributed by atoms with Crippen LogP contribution in [0, 0.1) is 11.8 Å². The van der Waals surface area contributed by atoms with Gasteiger partial charge in [0, 0.05) is 6.54 Å². The lowest BCUT2D eigenvalue weighted by Crippen LogP contribution is -2.32. The number of aliphatic hydroxyl groups excluding tert-OH is 1. The molecule has 100 valence electrons. The summed E-state index contributed by atoms with van der Waals surface area (Å²) < 4.78 is 0. The molecule has 0 saturated heterocycles. The molecule has 0 bridgehead atoms. The van der Waals surface area contributed by atoms with Crippen LogP contribution in [0.1, 0.15) is 64.2 Å². The molecule has 1 atom stereocenters. The smallest absolute Gasteiger partial charge is 0.0667 e. The first-order valence-electron chi connectivity index (χ1n) is 7.73. The van der Waals surface area contributed by atoms with Crippen molar-refractivity contribution in [3.8, 4) is 0 Å². The predicted octanol–water partition coefficient (Wildman–Crippen LogP) is 3.10. The molecule has 0 aromatic heterocycles. The molecular formula is C15H29NO. The third-order valence-electron chi connectivity index (χ3n) is 4.62. The van der Waals surface area contributed by atoms with Gasteiger partial charge >= 0.3 is 0 Å². The van der Waals surface area contributed by atoms with Crippen LogP contribution in [0.3, 0.4) is 0 Å². The first-order chi connectivity index (χ1) is 8.34. The Bertz CT molecular complexity index is 195. The molecule has 2 N–H and O–H groups in total. The summed E-state index contributed by atoms with van der Waals surface area (Å²) in [5, 5.41) is 13.5. The molecule has 0 aromatic carbocycles. The van der Waals surface area contributed by atoms with Gasteiger partial charge in [-0.15, -0.1) is 0 Å². The Kier molecular flexibility index (Phi) is 5.79. The molecule has 1 unspecified atom stereocenters. The maximum absolute atomic E-state index is 9.98. The molecule has 2 rings (SSSR count). The highest BCUT2D eigenvalue weighted by atomic mass is 16.3. The lowest BCUT2D eigenvalue weighted by atomic mass is 9.89. The van der Waals surface area contributed by atoms with Gasteiger partial charge in [-0.05, 0) is 37.6 Å². The van der Waals surface area contributed by atoms with E-state index in [2.05, 4.69) is 5.32 Å². The third-order valence-corrected chi connectivity index (χ3v) is 4.62. The quantitative estimate of drug-likeness (QED) is 0.746. The molecule has 2 fully saturated rings. The second-order valence-corrected chi connectivity index (χ2v) is 6.20. The van der Waals surface area contributed by atoms with Crippen molar-refractivity contribution in [1.29, 1.82) is 0 Å². The first kappa shape index (κ1) is 13.4. The van der Waals surface area contributed by atoms with Crippen molar-refractivity contribution in [2.75, 3.05) is 13.1 Å². The Morgan fingerprint density at radius 1 is 0.882 bits per heavy atom. The maximum Gasteiger partial charge on any atom is 0.0667 e. The summed E-state index contributed by atoms with van der Waals surface area (Å²) in [6.07, 6.45) is 13.4. The second-order valence-electron chi connectivity index (χ2n) is 6.20. The Hall–Kier alpha value is -0.0800. The zero-order chi connectivity index (χ0) is 11.9. The Balaban J connectivity index is 1.51. The summed E-state index contributed by atoms with van der Waals surface area (Å²) in [6, 6.07) is 0. The molecule has 0 aliphatic heterocycles. The van der Waals surface area contributed by atoms with Crippen molar-refractivity contribution in [1.82, 2.24) is 5.32 Å². The Labute approximate surface area is 106 Å². The second kappa shape index (κ2) is 7.38. The van der Waals surface area contributed by atoms with E-state index in [4.69, 9.17) is 0 Å². The minimum Gasteiger partial charge on any atom is -0.392 e. The lowest BCUT2D eigenvalue weighted by molar-refractivity contribution is 0.138. The summed E-state index contributed by atoms with van der Waals surface area (Å²) in [5.74, 6) is 1.68. The molecule has 17 heavy (non-hydrogen) atoms. The molecule has 0 amide bonds. The molecule has 2 aliphatic rings. The van der Waals surface area contributed by atoms with E-state index in [0.29, 0.717) is 0 Å². The standard InChI is InChI=1S/C15H29NO/c17-15(10-13-6-4-5-7-13)12-16-11-14-8-2-1-3-9-14/h13-17H,1-12H2. The fourth-order valence-electron chi connectivity index (χ4n) is 3.56. The number of hydrogen-bond donors (Lipinski definition) is 2. The number of hydrogen-bond acceptors (Lipinski definition) is 2. The summed E-state index contributed by atoms with van der Waals surface area (Å²) in [7, 11) is 0. The zero-order valence-corrected chi connectivity index (χ0v) is 11.2. The monoisotopic (exact) mass is 239 g/mol. The normalized spacial score (nSPS) is 25.2. The van der Waals surface area contributed by atoms with Crippen LogP contribution in [-0.4, -0.2) is 24.3 Å². The maximum atomic E-state index is 9.98. The average Bonchev–Trinajstić information content (AvgIpc) is 2.83. The van der Waals surface area contributed by atoms with Gasteiger partial charge in [0.2, 0.25) is 0 Å². The van der Waals surface area contributed by atoms with Crippen molar-refractivity contribution in [3.05, 3.63) is 0 Å². The molecular weight excluding hydrogens is 210 g/mol. The molecule has 0 aromatic rings. The summed E-state index contributed by atoms with van der Waals surface area (Å²) in [6.45, 7) is 1.94. The molecule has 0 spiro atoms. The highest BCUT2D eigenvalue weighted by molar-refractivity contribution is 4.73. The van der Waals surface area contributed by atoms with Gasteiger partial charge in [0.1, 0.15) is 0 Å². The molecule has 2 saturated carbocycles. The third kappa shape index (κ3) is 4.97. The van der Waals surface area contributed by atoms with Crippen LogP contribution in [0.2, 0.25) is 0 Å². The summed E-state index contributed by atoms with van der Waals surface area (Å²) >= 11 is 0. The van der Waals surface area contributed by atoms with Crippen LogP contribution in [0.5, 0.6) is 0 Å². The lowest BCUT2D eigenvalue weighted by Gasteiger charge is -2.23. The minimum absolute atomic E-state index is 0.110. The van der Waals surface area contributed by atoms with E-state index in [1.54, 1.807) is 0 Å². The molecule has 2 heteroatoms. The van der Waals surface area contributed by atoms with Crippen LogP contribution in [0.25, 0.3) is 0 Å². The Morgan fingerprint density at radius 3 is 2.18 bits per heavy atom. The van der Waals surface area contributed by atoms with Gasteiger partial charge in [-0.2, -0.15) is 0 Å². The van der Waals surface area contributed by atoms with Crippen LogP contribution in [0.15, 0.2) is 0 Å². The number of aliphatic hydroxyl groups is 1. The number of rotatable bonds is 6. The van der Waals surface area contributed by atoms with E-state index in [1.807, 2.05) is 0 Å². The van der Waals surface area contributed by atoms with E-state index in [0.717, 1.165) is 31.3 Å². The SMILES string of the molecule is OC(CNCC1CCCCC1)CC1CCCC1. The minimum atomic E-state index is -0.110. The topological polar surface area (TPSA) is 32.3 Å². The van der Waals surface area contributed by atoms with Gasteiger partial charge in [0.05, 0.1) is 6.10 Å². The van der Waals surface area contributed by atoms with Gasteiger partial charge in [0.15, 0.2) is 0 Å². The van der Waals surface area contributed by atoms with Crippen LogP contribution in [-0.2, 0) is 0 Å². The number of nitrogens with one attached hydrogen (secondary N) is 1. The van der Waals surface area contributed by atoms with Crippen LogP contribution >= 0.6 is 0 Å². The molecule has 2 nitrogen and oxygen atoms in total. The van der Waals surface area contributed by atoms with Gasteiger partial charge in [-0.3, -0.25) is 0 Å². The van der Waals surface area contributed by atoms with E-state index in [-0.39, 0.29) is 6.10 Å². The largest absolute Gasteiger partial charge is 0.392 e. The van der Waals surface area contributed by atoms with Gasteiger partial charge < -0.3 is 10.4 Å². The molecule has 0 radical (unpaired) electrons. The Morgan fingerprint density at radius 2 is 1.47 bits per heavy atom. The van der Waals surface area contributed by atoms with Crippen molar-refractivity contribution < 1.29 is 5.11 Å². The van der Waals surface area contributed by atoms with E-state index >= 15 is 0 Å². The molecule has 2 aliphatic carbocycles. The van der Waals surface area contributed by atoms with E-state index < -0.39 is 0 Å². The average molecular weight is 239 g/mol. The molecule has 0 heterocycles. The van der Waals surface area contributed by atoms with Crippen molar-refractivity contribution >= 4 is 0 Å². The van der Waals surface area contributed by atoms with Crippen LogP contribution in [0.4, 0.5) is 0 Å². The predicted molar refractivity (Wildman–Crippen MR) is 72.0 cm³/mol. The fraction of sp³-hybridized carbons (Fsp3) is 1.00. The summed E-state index contributed by atoms with van der Waals surface area (Å²) in [5.41, 5.74) is 0. The summed E-state index contributed by atoms with van der Waals surface area (Å²) in [4.78, 5) is 0. The van der Waals surface area contributed by atoms with Crippen molar-refractivity contribution in [2.45, 2.75) is 70.3 Å². The van der Waals surface area contributed by atoms with E-state index in [1.165, 1.54) is 57.8 Å². The highest BCUT2D eigenvalue weighted by Crippen LogP contribution is 2.28. The zero-order valence-electron chi connectivity index (χ0n) is 11.2. The van der Waals surface area contributed by atoms with Gasteiger partial charge in [-0.25, -0.2) is 0 Å². The van der Waals surface area contributed by atoms with Crippen LogP contribution < -0.4 is 5.32 Å². The van der Waals surface area contributed by atoms with Gasteiger partial charge in [0.25, 0.3) is 0 Å². The van der Waals surface area contributed by atoms with Gasteiger partial charge in [-0.1, -0.05) is 44.9 Å². The first-order valence-corrected chi connectivity index (χ1v) is 7.73.